The van der Waals surface area contributed by atoms with Crippen molar-refractivity contribution in [3.05, 3.63) is 59.7 Å². The fraction of sp³-hybridized carbons (Fsp3) is 0.167. The average molecular weight is 204 g/mol. The number of hydrogen-bond donors (Lipinski definition) is 2. The van der Waals surface area contributed by atoms with Crippen LogP contribution in [0.2, 0.25) is 0 Å². The first kappa shape index (κ1) is 9.93. The Bertz CT molecular complexity index is 423. The third kappa shape index (κ3) is 1.92. The van der Waals surface area contributed by atoms with Crippen molar-refractivity contribution in [2.75, 3.05) is 6.54 Å². The number of rotatable bonds is 3. The third-order valence-corrected chi connectivity index (χ3v) is 2.51. The quantitative estimate of drug-likeness (QED) is 0.791. The Hall–Kier alpha value is -1.61. The van der Waals surface area contributed by atoms with Crippen LogP contribution in [0.5, 0.6) is 0 Å². The molecule has 0 spiro atoms. The van der Waals surface area contributed by atoms with Crippen LogP contribution in [0.1, 0.15) is 17.2 Å². The van der Waals surface area contributed by atoms with Crippen LogP contribution in [-0.2, 0) is 0 Å². The lowest BCUT2D eigenvalue weighted by Crippen LogP contribution is -2.15. The van der Waals surface area contributed by atoms with E-state index in [1.165, 1.54) is 6.07 Å². The van der Waals surface area contributed by atoms with Crippen LogP contribution in [-0.4, -0.2) is 11.5 Å². The molecule has 3 N–H and O–H groups in total. The lowest BCUT2D eigenvalue weighted by atomic mass is 9.95. The summed E-state index contributed by atoms with van der Waals surface area (Å²) in [7, 11) is 0. The molecule has 0 aliphatic rings. The van der Waals surface area contributed by atoms with E-state index in [0.29, 0.717) is 12.1 Å². The summed E-state index contributed by atoms with van der Waals surface area (Å²) in [6.07, 6.45) is 1.82. The summed E-state index contributed by atoms with van der Waals surface area (Å²) in [5.41, 5.74) is 7.27. The highest BCUT2D eigenvalue weighted by Crippen LogP contribution is 2.24. The lowest BCUT2D eigenvalue weighted by molar-refractivity contribution is 0.595. The molecule has 0 bridgehead atoms. The SMILES string of the molecule is NCC(c1ccc[nH]1)c1ccccc1F. The van der Waals surface area contributed by atoms with Crippen molar-refractivity contribution in [2.24, 2.45) is 5.73 Å². The van der Waals surface area contributed by atoms with Gasteiger partial charge in [0.25, 0.3) is 0 Å². The average Bonchev–Trinajstić information content (AvgIpc) is 2.75. The highest BCUT2D eigenvalue weighted by Gasteiger charge is 2.16. The number of hydrogen-bond acceptors (Lipinski definition) is 1. The zero-order chi connectivity index (χ0) is 10.7. The molecular weight excluding hydrogens is 191 g/mol. The van der Waals surface area contributed by atoms with E-state index in [0.717, 1.165) is 5.69 Å². The Morgan fingerprint density at radius 1 is 1.20 bits per heavy atom. The maximum absolute atomic E-state index is 13.5. The molecule has 2 rings (SSSR count). The highest BCUT2D eigenvalue weighted by atomic mass is 19.1. The fourth-order valence-corrected chi connectivity index (χ4v) is 1.74. The Kier molecular flexibility index (Phi) is 2.83. The van der Waals surface area contributed by atoms with Gasteiger partial charge in [-0.15, -0.1) is 0 Å². The molecule has 0 aliphatic carbocycles. The van der Waals surface area contributed by atoms with Gasteiger partial charge in [0.1, 0.15) is 5.82 Å². The van der Waals surface area contributed by atoms with Crippen LogP contribution in [0.25, 0.3) is 0 Å². The molecule has 15 heavy (non-hydrogen) atoms. The summed E-state index contributed by atoms with van der Waals surface area (Å²) < 4.78 is 13.5. The van der Waals surface area contributed by atoms with Crippen molar-refractivity contribution in [2.45, 2.75) is 5.92 Å². The zero-order valence-corrected chi connectivity index (χ0v) is 8.28. The number of halogens is 1. The van der Waals surface area contributed by atoms with Crippen LogP contribution in [0.15, 0.2) is 42.6 Å². The topological polar surface area (TPSA) is 41.8 Å². The second-order valence-corrected chi connectivity index (χ2v) is 3.44. The van der Waals surface area contributed by atoms with Crippen LogP contribution in [0.4, 0.5) is 4.39 Å². The summed E-state index contributed by atoms with van der Waals surface area (Å²) in [6.45, 7) is 0.390. The van der Waals surface area contributed by atoms with E-state index < -0.39 is 0 Å². The Labute approximate surface area is 87.9 Å². The molecule has 2 aromatic rings. The first-order valence-electron chi connectivity index (χ1n) is 4.90. The molecule has 1 aromatic carbocycles. The maximum Gasteiger partial charge on any atom is 0.127 e. The Balaban J connectivity index is 2.40. The van der Waals surface area contributed by atoms with E-state index >= 15 is 0 Å². The van der Waals surface area contributed by atoms with Crippen LogP contribution in [0.3, 0.4) is 0 Å². The predicted octanol–water partition coefficient (Wildman–Crippen LogP) is 2.24. The van der Waals surface area contributed by atoms with E-state index in [1.807, 2.05) is 24.4 Å². The largest absolute Gasteiger partial charge is 0.364 e. The molecule has 0 radical (unpaired) electrons. The standard InChI is InChI=1S/C12H13FN2/c13-11-5-2-1-4-9(11)10(8-14)12-6-3-7-15-12/h1-7,10,15H,8,14H2. The summed E-state index contributed by atoms with van der Waals surface area (Å²) in [6, 6.07) is 10.5. The van der Waals surface area contributed by atoms with E-state index in [1.54, 1.807) is 12.1 Å². The molecule has 1 unspecified atom stereocenters. The van der Waals surface area contributed by atoms with E-state index in [-0.39, 0.29) is 11.7 Å². The first-order chi connectivity index (χ1) is 7.33. The van der Waals surface area contributed by atoms with Gasteiger partial charge in [-0.05, 0) is 23.8 Å². The van der Waals surface area contributed by atoms with Crippen LogP contribution < -0.4 is 5.73 Å². The molecule has 78 valence electrons. The molecular formula is C12H13FN2. The molecule has 0 saturated heterocycles. The minimum absolute atomic E-state index is 0.0961. The zero-order valence-electron chi connectivity index (χ0n) is 8.28. The smallest absolute Gasteiger partial charge is 0.127 e. The van der Waals surface area contributed by atoms with Gasteiger partial charge in [-0.2, -0.15) is 0 Å². The molecule has 1 aromatic heterocycles. The number of aromatic amines is 1. The van der Waals surface area contributed by atoms with Crippen molar-refractivity contribution < 1.29 is 4.39 Å². The number of nitrogens with two attached hydrogens (primary N) is 1. The Morgan fingerprint density at radius 2 is 2.00 bits per heavy atom. The summed E-state index contributed by atoms with van der Waals surface area (Å²) in [4.78, 5) is 3.07. The van der Waals surface area contributed by atoms with E-state index in [9.17, 15) is 4.39 Å². The molecule has 0 amide bonds. The van der Waals surface area contributed by atoms with E-state index in [4.69, 9.17) is 5.73 Å². The van der Waals surface area contributed by atoms with Crippen molar-refractivity contribution in [3.8, 4) is 0 Å². The number of nitrogens with one attached hydrogen (secondary N) is 1. The molecule has 0 fully saturated rings. The molecule has 2 nitrogen and oxygen atoms in total. The third-order valence-electron chi connectivity index (χ3n) is 2.51. The van der Waals surface area contributed by atoms with Crippen molar-refractivity contribution in [1.29, 1.82) is 0 Å². The van der Waals surface area contributed by atoms with Gasteiger partial charge in [0.05, 0.1) is 0 Å². The molecule has 3 heteroatoms. The summed E-state index contributed by atoms with van der Waals surface area (Å²) in [5, 5.41) is 0. The van der Waals surface area contributed by atoms with Gasteiger partial charge in [0, 0.05) is 24.4 Å². The monoisotopic (exact) mass is 204 g/mol. The maximum atomic E-state index is 13.5. The van der Waals surface area contributed by atoms with Crippen molar-refractivity contribution in [1.82, 2.24) is 4.98 Å². The minimum Gasteiger partial charge on any atom is -0.364 e. The number of aromatic nitrogens is 1. The van der Waals surface area contributed by atoms with E-state index in [2.05, 4.69) is 4.98 Å². The van der Waals surface area contributed by atoms with Gasteiger partial charge < -0.3 is 10.7 Å². The second-order valence-electron chi connectivity index (χ2n) is 3.44. The Morgan fingerprint density at radius 3 is 2.60 bits per heavy atom. The molecule has 1 heterocycles. The van der Waals surface area contributed by atoms with Crippen molar-refractivity contribution >= 4 is 0 Å². The van der Waals surface area contributed by atoms with Crippen LogP contribution >= 0.6 is 0 Å². The van der Waals surface area contributed by atoms with Crippen LogP contribution in [0, 0.1) is 5.82 Å². The summed E-state index contributed by atoms with van der Waals surface area (Å²) >= 11 is 0. The normalized spacial score (nSPS) is 12.7. The van der Waals surface area contributed by atoms with Gasteiger partial charge in [-0.25, -0.2) is 4.39 Å². The van der Waals surface area contributed by atoms with Crippen molar-refractivity contribution in [3.63, 3.8) is 0 Å². The van der Waals surface area contributed by atoms with Gasteiger partial charge in [0.2, 0.25) is 0 Å². The highest BCUT2D eigenvalue weighted by molar-refractivity contribution is 5.30. The predicted molar refractivity (Wildman–Crippen MR) is 58.1 cm³/mol. The molecule has 1 atom stereocenters. The van der Waals surface area contributed by atoms with Gasteiger partial charge in [0.15, 0.2) is 0 Å². The van der Waals surface area contributed by atoms with Gasteiger partial charge >= 0.3 is 0 Å². The minimum atomic E-state index is -0.206. The second kappa shape index (κ2) is 4.28. The lowest BCUT2D eigenvalue weighted by Gasteiger charge is -2.14. The first-order valence-corrected chi connectivity index (χ1v) is 4.90. The number of H-pyrrole nitrogens is 1. The molecule has 0 saturated carbocycles. The summed E-state index contributed by atoms with van der Waals surface area (Å²) in [5.74, 6) is -0.302. The fourth-order valence-electron chi connectivity index (χ4n) is 1.74. The van der Waals surface area contributed by atoms with Gasteiger partial charge in [-0.3, -0.25) is 0 Å². The number of benzene rings is 1. The molecule has 0 aliphatic heterocycles. The van der Waals surface area contributed by atoms with Gasteiger partial charge in [-0.1, -0.05) is 18.2 Å².